The molecule has 254 valence electrons. The summed E-state index contributed by atoms with van der Waals surface area (Å²) >= 11 is 0. The zero-order valence-corrected chi connectivity index (χ0v) is 30.0. The molecule has 5 rings (SSSR count). The molecule has 0 aliphatic heterocycles. The van der Waals surface area contributed by atoms with Crippen LogP contribution in [0.5, 0.6) is 0 Å². The van der Waals surface area contributed by atoms with Crippen molar-refractivity contribution in [2.75, 3.05) is 76.0 Å². The Balaban J connectivity index is 1.65. The molecule has 0 unspecified atom stereocenters. The third kappa shape index (κ3) is 9.47. The minimum atomic E-state index is 0.682. The van der Waals surface area contributed by atoms with Crippen molar-refractivity contribution in [3.8, 4) is 0 Å². The highest BCUT2D eigenvalue weighted by atomic mass is 15.1. The van der Waals surface area contributed by atoms with E-state index < -0.39 is 0 Å². The summed E-state index contributed by atoms with van der Waals surface area (Å²) in [6, 6.07) is 23.8. The number of pyridine rings is 4. The van der Waals surface area contributed by atoms with Gasteiger partial charge in [-0.15, -0.1) is 0 Å². The predicted octanol–water partition coefficient (Wildman–Crippen LogP) is 7.00. The first kappa shape index (κ1) is 35.2. The molecule has 10 heteroatoms. The molecule has 5 heterocycles. The molecule has 0 saturated carbocycles. The Morgan fingerprint density at radius 1 is 0.300 bits per heavy atom. The molecule has 10 nitrogen and oxygen atoms in total. The van der Waals surface area contributed by atoms with Crippen LogP contribution in [0.2, 0.25) is 0 Å². The van der Waals surface area contributed by atoms with Crippen LogP contribution in [0.25, 0.3) is 48.6 Å². The maximum Gasteiger partial charge on any atom is 0.128 e. The molecular formula is C40H44N10. The van der Waals surface area contributed by atoms with Crippen LogP contribution in [-0.2, 0) is 0 Å². The van der Waals surface area contributed by atoms with Gasteiger partial charge >= 0.3 is 0 Å². The van der Waals surface area contributed by atoms with E-state index in [9.17, 15) is 0 Å². The molecule has 0 aliphatic rings. The molecule has 0 fully saturated rings. The first-order valence-electron chi connectivity index (χ1n) is 16.3. The van der Waals surface area contributed by atoms with Crippen molar-refractivity contribution in [2.45, 2.75) is 0 Å². The molecule has 0 spiro atoms. The normalized spacial score (nSPS) is 11.7. The molecule has 0 bridgehead atoms. The maximum absolute atomic E-state index is 5.16. The number of rotatable bonds is 12. The van der Waals surface area contributed by atoms with Crippen molar-refractivity contribution in [1.29, 1.82) is 0 Å². The van der Waals surface area contributed by atoms with Crippen LogP contribution in [0, 0.1) is 0 Å². The number of hydrogen-bond donors (Lipinski definition) is 0. The molecule has 0 radical (unpaired) electrons. The van der Waals surface area contributed by atoms with E-state index in [0.717, 1.165) is 46.0 Å². The lowest BCUT2D eigenvalue weighted by atomic mass is 10.1. The van der Waals surface area contributed by atoms with Crippen LogP contribution in [0.4, 0.5) is 23.3 Å². The van der Waals surface area contributed by atoms with Crippen molar-refractivity contribution in [3.05, 3.63) is 118 Å². The number of aromatic nitrogens is 6. The van der Waals surface area contributed by atoms with Crippen LogP contribution in [0.1, 0.15) is 45.6 Å². The van der Waals surface area contributed by atoms with E-state index >= 15 is 0 Å². The molecule has 5 aromatic rings. The van der Waals surface area contributed by atoms with Gasteiger partial charge in [0.05, 0.1) is 45.6 Å². The Morgan fingerprint density at radius 2 is 0.520 bits per heavy atom. The lowest BCUT2D eigenvalue weighted by Crippen LogP contribution is -2.10. The number of hydrogen-bond acceptors (Lipinski definition) is 10. The van der Waals surface area contributed by atoms with Gasteiger partial charge in [0.15, 0.2) is 0 Å². The van der Waals surface area contributed by atoms with E-state index in [0.29, 0.717) is 22.8 Å². The fourth-order valence-corrected chi connectivity index (χ4v) is 4.76. The molecular weight excluding hydrogens is 621 g/mol. The summed E-state index contributed by atoms with van der Waals surface area (Å²) in [5.41, 5.74) is 5.97. The van der Waals surface area contributed by atoms with E-state index in [1.54, 1.807) is 0 Å². The summed E-state index contributed by atoms with van der Waals surface area (Å²) in [5, 5.41) is 0. The highest BCUT2D eigenvalue weighted by molar-refractivity contribution is 5.81. The van der Waals surface area contributed by atoms with Crippen LogP contribution in [-0.4, -0.2) is 86.3 Å². The summed E-state index contributed by atoms with van der Waals surface area (Å²) < 4.78 is 0. The van der Waals surface area contributed by atoms with E-state index in [2.05, 4.69) is 0 Å². The van der Waals surface area contributed by atoms with Crippen LogP contribution < -0.4 is 19.6 Å². The second-order valence-corrected chi connectivity index (χ2v) is 12.4. The van der Waals surface area contributed by atoms with Crippen molar-refractivity contribution in [1.82, 2.24) is 29.9 Å². The first-order valence-corrected chi connectivity index (χ1v) is 16.3. The molecule has 0 N–H and O–H groups in total. The van der Waals surface area contributed by atoms with Gasteiger partial charge in [-0.1, -0.05) is 24.3 Å². The fourth-order valence-electron chi connectivity index (χ4n) is 4.76. The Labute approximate surface area is 295 Å². The lowest BCUT2D eigenvalue weighted by molar-refractivity contribution is 1.06. The van der Waals surface area contributed by atoms with Crippen molar-refractivity contribution >= 4 is 71.9 Å². The van der Waals surface area contributed by atoms with Gasteiger partial charge in [-0.05, 0) is 97.1 Å². The number of nitrogens with zero attached hydrogens (tertiary/aromatic N) is 10. The zero-order valence-electron chi connectivity index (χ0n) is 30.0. The summed E-state index contributed by atoms with van der Waals surface area (Å²) in [5.74, 6) is 3.48. The van der Waals surface area contributed by atoms with Crippen LogP contribution >= 0.6 is 0 Å². The van der Waals surface area contributed by atoms with Gasteiger partial charge in [-0.25, -0.2) is 29.9 Å². The van der Waals surface area contributed by atoms with Gasteiger partial charge < -0.3 is 19.6 Å². The van der Waals surface area contributed by atoms with Crippen LogP contribution in [0.15, 0.2) is 72.8 Å². The van der Waals surface area contributed by atoms with Gasteiger partial charge in [-0.2, -0.15) is 0 Å². The number of anilines is 4. The quantitative estimate of drug-likeness (QED) is 0.139. The van der Waals surface area contributed by atoms with Crippen LogP contribution in [0.3, 0.4) is 0 Å². The highest BCUT2D eigenvalue weighted by Crippen LogP contribution is 2.21. The van der Waals surface area contributed by atoms with E-state index in [1.807, 2.05) is 197 Å². The smallest absolute Gasteiger partial charge is 0.128 e. The Kier molecular flexibility index (Phi) is 11.5. The molecule has 0 aromatic carbocycles. The Hall–Kier alpha value is -6.16. The Morgan fingerprint density at radius 3 is 0.720 bits per heavy atom. The SMILES string of the molecule is CN(C)c1cccc(C=Cc2nc(C=Cc3cccc(N(C)C)n3)c(C=Cc3cccc(N(C)C)n3)nc2C=Cc2cccc(N(C)C)n2)n1. The topological polar surface area (TPSA) is 90.3 Å². The minimum absolute atomic E-state index is 0.682. The van der Waals surface area contributed by atoms with Crippen molar-refractivity contribution < 1.29 is 0 Å². The maximum atomic E-state index is 5.16. The fraction of sp³-hybridized carbons (Fsp3) is 0.200. The van der Waals surface area contributed by atoms with Gasteiger partial charge in [0.1, 0.15) is 23.3 Å². The van der Waals surface area contributed by atoms with E-state index in [1.165, 1.54) is 0 Å². The van der Waals surface area contributed by atoms with E-state index in [-0.39, 0.29) is 0 Å². The van der Waals surface area contributed by atoms with E-state index in [4.69, 9.17) is 29.9 Å². The van der Waals surface area contributed by atoms with Gasteiger partial charge in [0.25, 0.3) is 0 Å². The standard InChI is InChI=1S/C40H44N10/c1-47(2)37-17-9-13-29(41-37)21-25-33-34(26-22-30-14-10-18-38(42-30)48(3)4)46-36(28-24-32-16-12-20-40(44-32)50(7)8)35(45-33)27-23-31-15-11-19-39(43-31)49(5)6/h9-28H,1-8H3. The summed E-state index contributed by atoms with van der Waals surface area (Å²) in [6.07, 6.45) is 15.7. The van der Waals surface area contributed by atoms with Crippen molar-refractivity contribution in [2.24, 2.45) is 0 Å². The summed E-state index contributed by atoms with van der Waals surface area (Å²) in [7, 11) is 15.8. The van der Waals surface area contributed by atoms with Gasteiger partial charge in [0.2, 0.25) is 0 Å². The third-order valence-corrected chi connectivity index (χ3v) is 7.51. The first-order chi connectivity index (χ1) is 24.0. The Bertz CT molecular complexity index is 1750. The molecule has 5 aromatic heterocycles. The average Bonchev–Trinajstić information content (AvgIpc) is 3.12. The zero-order chi connectivity index (χ0) is 35.6. The largest absolute Gasteiger partial charge is 0.363 e. The summed E-state index contributed by atoms with van der Waals surface area (Å²) in [4.78, 5) is 37.3. The summed E-state index contributed by atoms with van der Waals surface area (Å²) in [6.45, 7) is 0. The molecule has 0 amide bonds. The average molecular weight is 665 g/mol. The highest BCUT2D eigenvalue weighted by Gasteiger charge is 2.10. The third-order valence-electron chi connectivity index (χ3n) is 7.51. The lowest BCUT2D eigenvalue weighted by Gasteiger charge is -2.12. The monoisotopic (exact) mass is 664 g/mol. The predicted molar refractivity (Wildman–Crippen MR) is 212 cm³/mol. The molecule has 0 saturated heterocycles. The molecule has 50 heavy (non-hydrogen) atoms. The van der Waals surface area contributed by atoms with Gasteiger partial charge in [-0.3, -0.25) is 0 Å². The minimum Gasteiger partial charge on any atom is -0.363 e. The second-order valence-electron chi connectivity index (χ2n) is 12.4. The second kappa shape index (κ2) is 16.3. The van der Waals surface area contributed by atoms with Gasteiger partial charge in [0, 0.05) is 56.4 Å². The van der Waals surface area contributed by atoms with Crippen molar-refractivity contribution in [3.63, 3.8) is 0 Å². The molecule has 0 atom stereocenters. The molecule has 0 aliphatic carbocycles.